The summed E-state index contributed by atoms with van der Waals surface area (Å²) in [7, 11) is 0. The van der Waals surface area contributed by atoms with Gasteiger partial charge in [-0.2, -0.15) is 0 Å². The fraction of sp³-hybridized carbons (Fsp3) is 0.556. The lowest BCUT2D eigenvalue weighted by atomic mass is 10.2. The van der Waals surface area contributed by atoms with Crippen LogP contribution in [0.4, 0.5) is 0 Å². The van der Waals surface area contributed by atoms with Gasteiger partial charge in [0.2, 0.25) is 0 Å². The Morgan fingerprint density at radius 2 is 2.22 bits per heavy atom. The predicted octanol–water partition coefficient (Wildman–Crippen LogP) is 2.76. The van der Waals surface area contributed by atoms with Crippen LogP contribution in [0, 0.1) is 11.8 Å². The maximum absolute atomic E-state index is 3.02. The van der Waals surface area contributed by atoms with Gasteiger partial charge < -0.3 is 0 Å². The zero-order valence-corrected chi connectivity index (χ0v) is 6.28. The Balaban J connectivity index is 2.97. The van der Waals surface area contributed by atoms with Crippen molar-refractivity contribution < 1.29 is 0 Å². The van der Waals surface area contributed by atoms with E-state index in [9.17, 15) is 0 Å². The van der Waals surface area contributed by atoms with Crippen molar-refractivity contribution in [2.45, 2.75) is 33.1 Å². The van der Waals surface area contributed by atoms with Crippen LogP contribution in [-0.4, -0.2) is 0 Å². The minimum absolute atomic E-state index is 1.04. The van der Waals surface area contributed by atoms with E-state index < -0.39 is 0 Å². The first kappa shape index (κ1) is 8.30. The maximum Gasteiger partial charge on any atom is 0.00915 e. The van der Waals surface area contributed by atoms with Crippen molar-refractivity contribution in [2.24, 2.45) is 0 Å². The average molecular weight is 122 g/mol. The van der Waals surface area contributed by atoms with E-state index in [1.807, 2.05) is 13.8 Å². The van der Waals surface area contributed by atoms with E-state index in [2.05, 4.69) is 24.0 Å². The van der Waals surface area contributed by atoms with E-state index in [0.29, 0.717) is 0 Å². The highest BCUT2D eigenvalue weighted by Gasteiger charge is 1.76. The van der Waals surface area contributed by atoms with E-state index in [1.54, 1.807) is 0 Å². The van der Waals surface area contributed by atoms with Gasteiger partial charge in [0.1, 0.15) is 0 Å². The van der Waals surface area contributed by atoms with E-state index in [1.165, 1.54) is 12.8 Å². The second kappa shape index (κ2) is 7.30. The molecule has 0 amide bonds. The number of hydrogen-bond acceptors (Lipinski definition) is 0. The first-order valence-corrected chi connectivity index (χ1v) is 3.42. The highest BCUT2D eigenvalue weighted by Crippen LogP contribution is 1.93. The Kier molecular flexibility index (Phi) is 6.73. The standard InChI is InChI=1S/C9H14/c1-3-5-7-9-8-6-4-2/h3,5H,7-9H2,1-2H3. The first-order valence-electron chi connectivity index (χ1n) is 3.42. The monoisotopic (exact) mass is 122 g/mol. The van der Waals surface area contributed by atoms with Crippen molar-refractivity contribution in [3.63, 3.8) is 0 Å². The molecule has 0 saturated carbocycles. The summed E-state index contributed by atoms with van der Waals surface area (Å²) in [5.74, 6) is 5.89. The summed E-state index contributed by atoms with van der Waals surface area (Å²) in [5.41, 5.74) is 0. The topological polar surface area (TPSA) is 0 Å². The summed E-state index contributed by atoms with van der Waals surface area (Å²) in [6.07, 6.45) is 7.67. The van der Waals surface area contributed by atoms with Crippen LogP contribution in [0.3, 0.4) is 0 Å². The van der Waals surface area contributed by atoms with E-state index in [0.717, 1.165) is 6.42 Å². The van der Waals surface area contributed by atoms with Crippen molar-refractivity contribution in [2.75, 3.05) is 0 Å². The minimum atomic E-state index is 1.04. The molecule has 9 heavy (non-hydrogen) atoms. The Hall–Kier alpha value is -0.700. The largest absolute Gasteiger partial charge is 0.107 e. The molecule has 0 atom stereocenters. The Bertz CT molecular complexity index is 121. The van der Waals surface area contributed by atoms with Gasteiger partial charge in [0, 0.05) is 6.42 Å². The zero-order valence-electron chi connectivity index (χ0n) is 6.28. The lowest BCUT2D eigenvalue weighted by Gasteiger charge is -1.84. The molecule has 0 rings (SSSR count). The predicted molar refractivity (Wildman–Crippen MR) is 42.1 cm³/mol. The van der Waals surface area contributed by atoms with Crippen molar-refractivity contribution >= 4 is 0 Å². The molecular formula is C9H14. The number of allylic oxidation sites excluding steroid dienone is 2. The third-order valence-electron chi connectivity index (χ3n) is 1.09. The lowest BCUT2D eigenvalue weighted by molar-refractivity contribution is 0.884. The third-order valence-corrected chi connectivity index (χ3v) is 1.09. The van der Waals surface area contributed by atoms with Gasteiger partial charge in [-0.25, -0.2) is 0 Å². The Labute approximate surface area is 58.0 Å². The minimum Gasteiger partial charge on any atom is -0.107 e. The summed E-state index contributed by atoms with van der Waals surface area (Å²) >= 11 is 0. The van der Waals surface area contributed by atoms with Crippen LogP contribution in [0.1, 0.15) is 33.1 Å². The second-order valence-electron chi connectivity index (χ2n) is 1.89. The molecule has 0 aliphatic rings. The maximum atomic E-state index is 3.02. The molecule has 0 heteroatoms. The molecule has 0 aromatic carbocycles. The number of unbranched alkanes of at least 4 members (excludes halogenated alkanes) is 2. The van der Waals surface area contributed by atoms with E-state index in [4.69, 9.17) is 0 Å². The SMILES string of the molecule is CC#CCCCC=CC. The summed E-state index contributed by atoms with van der Waals surface area (Å²) in [4.78, 5) is 0. The Morgan fingerprint density at radius 1 is 1.44 bits per heavy atom. The van der Waals surface area contributed by atoms with Crippen molar-refractivity contribution in [1.29, 1.82) is 0 Å². The van der Waals surface area contributed by atoms with Crippen LogP contribution in [-0.2, 0) is 0 Å². The van der Waals surface area contributed by atoms with Gasteiger partial charge >= 0.3 is 0 Å². The quantitative estimate of drug-likeness (QED) is 0.307. The summed E-state index contributed by atoms with van der Waals surface area (Å²) in [5, 5.41) is 0. The third kappa shape index (κ3) is 7.30. The van der Waals surface area contributed by atoms with Crippen LogP contribution in [0.25, 0.3) is 0 Å². The van der Waals surface area contributed by atoms with Crippen LogP contribution in [0.2, 0.25) is 0 Å². The molecule has 0 aromatic rings. The summed E-state index contributed by atoms with van der Waals surface area (Å²) in [6, 6.07) is 0. The van der Waals surface area contributed by atoms with E-state index >= 15 is 0 Å². The van der Waals surface area contributed by atoms with Crippen LogP contribution in [0.5, 0.6) is 0 Å². The van der Waals surface area contributed by atoms with Gasteiger partial charge in [0.05, 0.1) is 0 Å². The molecule has 0 radical (unpaired) electrons. The van der Waals surface area contributed by atoms with Crippen molar-refractivity contribution in [3.05, 3.63) is 12.2 Å². The highest BCUT2D eigenvalue weighted by molar-refractivity contribution is 4.95. The molecule has 0 spiro atoms. The molecule has 0 aliphatic carbocycles. The van der Waals surface area contributed by atoms with Gasteiger partial charge in [-0.1, -0.05) is 12.2 Å². The van der Waals surface area contributed by atoms with Gasteiger partial charge in [-0.05, 0) is 26.7 Å². The van der Waals surface area contributed by atoms with Gasteiger partial charge in [0.25, 0.3) is 0 Å². The molecule has 50 valence electrons. The molecule has 0 heterocycles. The molecule has 0 bridgehead atoms. The lowest BCUT2D eigenvalue weighted by Crippen LogP contribution is -1.67. The molecule has 0 unspecified atom stereocenters. The molecule has 0 N–H and O–H groups in total. The zero-order chi connectivity index (χ0) is 6.95. The molecule has 0 saturated heterocycles. The molecule has 0 aromatic heterocycles. The number of rotatable bonds is 3. The van der Waals surface area contributed by atoms with Crippen LogP contribution < -0.4 is 0 Å². The molecule has 0 fully saturated rings. The van der Waals surface area contributed by atoms with Crippen LogP contribution >= 0.6 is 0 Å². The molecule has 0 nitrogen and oxygen atoms in total. The van der Waals surface area contributed by atoms with Gasteiger partial charge in [-0.3, -0.25) is 0 Å². The molecular weight excluding hydrogens is 108 g/mol. The second-order valence-corrected chi connectivity index (χ2v) is 1.89. The van der Waals surface area contributed by atoms with Gasteiger partial charge in [-0.15, -0.1) is 11.8 Å². The van der Waals surface area contributed by atoms with Crippen molar-refractivity contribution in [1.82, 2.24) is 0 Å². The fourth-order valence-electron chi connectivity index (χ4n) is 0.600. The van der Waals surface area contributed by atoms with E-state index in [-0.39, 0.29) is 0 Å². The first-order chi connectivity index (χ1) is 4.41. The number of hydrogen-bond donors (Lipinski definition) is 0. The van der Waals surface area contributed by atoms with Crippen molar-refractivity contribution in [3.8, 4) is 11.8 Å². The molecule has 0 aliphatic heterocycles. The van der Waals surface area contributed by atoms with Crippen LogP contribution in [0.15, 0.2) is 12.2 Å². The Morgan fingerprint density at radius 3 is 2.78 bits per heavy atom. The fourth-order valence-corrected chi connectivity index (χ4v) is 0.600. The smallest absolute Gasteiger partial charge is 0.00915 e. The normalized spacial score (nSPS) is 9.11. The van der Waals surface area contributed by atoms with Gasteiger partial charge in [0.15, 0.2) is 0 Å². The summed E-state index contributed by atoms with van der Waals surface area (Å²) < 4.78 is 0. The highest BCUT2D eigenvalue weighted by atomic mass is 13.8. The average Bonchev–Trinajstić information content (AvgIpc) is 1.89. The summed E-state index contributed by atoms with van der Waals surface area (Å²) in [6.45, 7) is 3.93.